The van der Waals surface area contributed by atoms with Crippen LogP contribution in [0, 0.1) is 0 Å². The van der Waals surface area contributed by atoms with Crippen LogP contribution in [0.5, 0.6) is 5.75 Å². The minimum Gasteiger partial charge on any atom is -0.482 e. The van der Waals surface area contributed by atoms with Crippen LogP contribution in [-0.4, -0.2) is 31.1 Å². The molecule has 8 heteroatoms. The van der Waals surface area contributed by atoms with Crippen molar-refractivity contribution in [2.24, 2.45) is 0 Å². The molecule has 1 heterocycles. The fraction of sp³-hybridized carbons (Fsp3) is 0.300. The van der Waals surface area contributed by atoms with E-state index in [0.29, 0.717) is 13.0 Å². The van der Waals surface area contributed by atoms with Crippen LogP contribution in [0.3, 0.4) is 0 Å². The second-order valence-electron chi connectivity index (χ2n) is 6.44. The number of hydrogen-bond acceptors (Lipinski definition) is 3. The van der Waals surface area contributed by atoms with Gasteiger partial charge >= 0.3 is 6.18 Å². The van der Waals surface area contributed by atoms with Crippen molar-refractivity contribution in [3.05, 3.63) is 54.1 Å². The van der Waals surface area contributed by atoms with Crippen molar-refractivity contribution in [3.8, 4) is 5.75 Å². The molecular formula is C20H19F3N2O3. The molecule has 1 aliphatic rings. The topological polar surface area (TPSA) is 58.6 Å². The van der Waals surface area contributed by atoms with E-state index >= 15 is 0 Å². The predicted molar refractivity (Wildman–Crippen MR) is 98.4 cm³/mol. The lowest BCUT2D eigenvalue weighted by molar-refractivity contribution is -0.153. The first kappa shape index (κ1) is 19.7. The van der Waals surface area contributed by atoms with E-state index in [-0.39, 0.29) is 29.7 Å². The lowest BCUT2D eigenvalue weighted by Crippen LogP contribution is -2.23. The number of halogens is 3. The first-order valence-electron chi connectivity index (χ1n) is 8.79. The molecule has 1 saturated heterocycles. The molecular weight excluding hydrogens is 373 g/mol. The summed E-state index contributed by atoms with van der Waals surface area (Å²) in [6.07, 6.45) is -3.05. The van der Waals surface area contributed by atoms with Gasteiger partial charge in [0.05, 0.1) is 12.1 Å². The van der Waals surface area contributed by atoms with E-state index in [1.165, 1.54) is 18.2 Å². The number of ether oxygens (including phenoxy) is 1. The Bertz CT molecular complexity index is 851. The smallest absolute Gasteiger partial charge is 0.422 e. The van der Waals surface area contributed by atoms with Crippen LogP contribution in [-0.2, 0) is 16.0 Å². The Morgan fingerprint density at radius 1 is 1.11 bits per heavy atom. The summed E-state index contributed by atoms with van der Waals surface area (Å²) in [4.78, 5) is 25.7. The van der Waals surface area contributed by atoms with Crippen LogP contribution < -0.4 is 15.0 Å². The third-order valence-electron chi connectivity index (χ3n) is 4.24. The molecule has 0 saturated carbocycles. The normalized spacial score (nSPS) is 14.2. The standard InChI is InChI=1S/C20H19F3N2O3/c21-20(22,23)13-28-17-5-2-1-4-16(17)24-18(26)12-14-7-9-15(10-8-14)25-11-3-6-19(25)27/h1-2,4-5,7-10H,3,6,11-13H2,(H,24,26). The van der Waals surface area contributed by atoms with Crippen molar-refractivity contribution in [2.75, 3.05) is 23.4 Å². The number of nitrogens with one attached hydrogen (secondary N) is 1. The van der Waals surface area contributed by atoms with Gasteiger partial charge in [-0.15, -0.1) is 0 Å². The molecule has 0 radical (unpaired) electrons. The Morgan fingerprint density at radius 2 is 1.82 bits per heavy atom. The number of hydrogen-bond donors (Lipinski definition) is 1. The van der Waals surface area contributed by atoms with E-state index in [1.807, 2.05) is 0 Å². The molecule has 5 nitrogen and oxygen atoms in total. The van der Waals surface area contributed by atoms with Gasteiger partial charge in [-0.2, -0.15) is 13.2 Å². The molecule has 1 aliphatic heterocycles. The molecule has 2 aromatic carbocycles. The molecule has 1 N–H and O–H groups in total. The second kappa shape index (κ2) is 8.33. The molecule has 0 aromatic heterocycles. The number of alkyl halides is 3. The summed E-state index contributed by atoms with van der Waals surface area (Å²) < 4.78 is 41.8. The van der Waals surface area contributed by atoms with E-state index in [9.17, 15) is 22.8 Å². The Hall–Kier alpha value is -3.03. The van der Waals surface area contributed by atoms with Gasteiger partial charge in [-0.3, -0.25) is 9.59 Å². The molecule has 3 rings (SSSR count). The van der Waals surface area contributed by atoms with Crippen molar-refractivity contribution < 1.29 is 27.5 Å². The number of carbonyl (C=O) groups is 2. The maximum absolute atomic E-state index is 12.4. The van der Waals surface area contributed by atoms with Gasteiger partial charge in [0.1, 0.15) is 5.75 Å². The van der Waals surface area contributed by atoms with Crippen molar-refractivity contribution in [2.45, 2.75) is 25.4 Å². The number of rotatable bonds is 6. The summed E-state index contributed by atoms with van der Waals surface area (Å²) in [6.45, 7) is -0.746. The van der Waals surface area contributed by atoms with E-state index in [1.54, 1.807) is 35.2 Å². The first-order chi connectivity index (χ1) is 13.3. The quantitative estimate of drug-likeness (QED) is 0.810. The Labute approximate surface area is 160 Å². The summed E-state index contributed by atoms with van der Waals surface area (Å²) in [6, 6.07) is 13.0. The third kappa shape index (κ3) is 5.25. The van der Waals surface area contributed by atoms with E-state index in [4.69, 9.17) is 4.74 Å². The highest BCUT2D eigenvalue weighted by atomic mass is 19.4. The molecule has 0 unspecified atom stereocenters. The average Bonchev–Trinajstić information content (AvgIpc) is 3.07. The van der Waals surface area contributed by atoms with Crippen LogP contribution >= 0.6 is 0 Å². The highest BCUT2D eigenvalue weighted by Gasteiger charge is 2.29. The molecule has 0 spiro atoms. The minimum absolute atomic E-state index is 0.0435. The van der Waals surface area contributed by atoms with E-state index in [0.717, 1.165) is 17.7 Å². The number of amides is 2. The molecule has 0 atom stereocenters. The first-order valence-corrected chi connectivity index (χ1v) is 8.79. The largest absolute Gasteiger partial charge is 0.482 e. The van der Waals surface area contributed by atoms with Gasteiger partial charge in [0, 0.05) is 18.7 Å². The van der Waals surface area contributed by atoms with Crippen LogP contribution in [0.25, 0.3) is 0 Å². The molecule has 1 fully saturated rings. The summed E-state index contributed by atoms with van der Waals surface area (Å²) in [5.41, 5.74) is 1.69. The van der Waals surface area contributed by atoms with Crippen LogP contribution in [0.2, 0.25) is 0 Å². The summed E-state index contributed by atoms with van der Waals surface area (Å²) in [5, 5.41) is 2.58. The van der Waals surface area contributed by atoms with Gasteiger partial charge in [-0.05, 0) is 36.2 Å². The number of para-hydroxylation sites is 2. The number of benzene rings is 2. The van der Waals surface area contributed by atoms with Crippen LogP contribution in [0.1, 0.15) is 18.4 Å². The van der Waals surface area contributed by atoms with Crippen LogP contribution in [0.15, 0.2) is 48.5 Å². The SMILES string of the molecule is O=C(Cc1ccc(N2CCCC2=O)cc1)Nc1ccccc1OCC(F)(F)F. The van der Waals surface area contributed by atoms with Gasteiger partial charge in [0.15, 0.2) is 6.61 Å². The fourth-order valence-corrected chi connectivity index (χ4v) is 2.95. The zero-order valence-electron chi connectivity index (χ0n) is 15.0. The average molecular weight is 392 g/mol. The fourth-order valence-electron chi connectivity index (χ4n) is 2.95. The van der Waals surface area contributed by atoms with Crippen LogP contribution in [0.4, 0.5) is 24.5 Å². The van der Waals surface area contributed by atoms with Gasteiger partial charge in [-0.25, -0.2) is 0 Å². The predicted octanol–water partition coefficient (Wildman–Crippen LogP) is 3.94. The van der Waals surface area contributed by atoms with Crippen molar-refractivity contribution >= 4 is 23.2 Å². The van der Waals surface area contributed by atoms with Crippen molar-refractivity contribution in [1.29, 1.82) is 0 Å². The molecule has 0 aliphatic carbocycles. The molecule has 148 valence electrons. The van der Waals surface area contributed by atoms with E-state index in [2.05, 4.69) is 5.32 Å². The Balaban J connectivity index is 1.61. The Kier molecular flexibility index (Phi) is 5.87. The van der Waals surface area contributed by atoms with Gasteiger partial charge in [-0.1, -0.05) is 24.3 Å². The van der Waals surface area contributed by atoms with Gasteiger partial charge in [0.25, 0.3) is 0 Å². The highest BCUT2D eigenvalue weighted by molar-refractivity contribution is 5.96. The van der Waals surface area contributed by atoms with Gasteiger partial charge in [0.2, 0.25) is 11.8 Å². The van der Waals surface area contributed by atoms with Crippen molar-refractivity contribution in [3.63, 3.8) is 0 Å². The summed E-state index contributed by atoms with van der Waals surface area (Å²) in [7, 11) is 0. The summed E-state index contributed by atoms with van der Waals surface area (Å²) in [5.74, 6) is -0.343. The Morgan fingerprint density at radius 3 is 2.46 bits per heavy atom. The molecule has 28 heavy (non-hydrogen) atoms. The number of anilines is 2. The summed E-state index contributed by atoms with van der Waals surface area (Å²) >= 11 is 0. The molecule has 2 aromatic rings. The zero-order valence-corrected chi connectivity index (χ0v) is 15.0. The molecule has 2 amide bonds. The van der Waals surface area contributed by atoms with E-state index < -0.39 is 12.8 Å². The second-order valence-corrected chi connectivity index (χ2v) is 6.44. The van der Waals surface area contributed by atoms with Crippen molar-refractivity contribution in [1.82, 2.24) is 0 Å². The number of nitrogens with zero attached hydrogens (tertiary/aromatic N) is 1. The highest BCUT2D eigenvalue weighted by Crippen LogP contribution is 2.27. The monoisotopic (exact) mass is 392 g/mol. The maximum Gasteiger partial charge on any atom is 0.422 e. The maximum atomic E-state index is 12.4. The molecule has 0 bridgehead atoms. The third-order valence-corrected chi connectivity index (χ3v) is 4.24. The van der Waals surface area contributed by atoms with Gasteiger partial charge < -0.3 is 15.0 Å². The number of carbonyl (C=O) groups excluding carboxylic acids is 2. The lowest BCUT2D eigenvalue weighted by Gasteiger charge is -2.16. The lowest BCUT2D eigenvalue weighted by atomic mass is 10.1. The minimum atomic E-state index is -4.46. The zero-order chi connectivity index (χ0) is 20.1.